The first kappa shape index (κ1) is 10.1. The van der Waals surface area contributed by atoms with Crippen molar-refractivity contribution in [3.05, 3.63) is 19.9 Å². The number of nitrogens with zero attached hydrogens (tertiary/aromatic N) is 1. The molecule has 0 bridgehead atoms. The minimum absolute atomic E-state index is 0.177. The van der Waals surface area contributed by atoms with Crippen molar-refractivity contribution in [3.8, 4) is 5.75 Å². The molecule has 0 aromatic carbocycles. The Balaban J connectivity index is 3.23. The van der Waals surface area contributed by atoms with Crippen molar-refractivity contribution >= 4 is 38.5 Å². The molecule has 0 atom stereocenters. The van der Waals surface area contributed by atoms with Gasteiger partial charge < -0.3 is 5.11 Å². The number of aromatic nitrogens is 1. The molecule has 66 valence electrons. The van der Waals surface area contributed by atoms with Crippen molar-refractivity contribution in [1.29, 1.82) is 0 Å². The van der Waals surface area contributed by atoms with Crippen molar-refractivity contribution in [1.82, 2.24) is 4.98 Å². The first-order valence-electron chi connectivity index (χ1n) is 2.85. The van der Waals surface area contributed by atoms with Gasteiger partial charge in [0.15, 0.2) is 0 Å². The van der Waals surface area contributed by atoms with Crippen LogP contribution in [0.25, 0.3) is 0 Å². The number of hydrogen-bond donors (Lipinski definition) is 1. The van der Waals surface area contributed by atoms with Crippen LogP contribution in [-0.4, -0.2) is 10.1 Å². The lowest BCUT2D eigenvalue weighted by atomic mass is 10.3. The molecule has 1 N–H and O–H groups in total. The Hall–Kier alpha value is 0.0200. The Morgan fingerprint density at radius 2 is 2.17 bits per heavy atom. The maximum Gasteiger partial charge on any atom is 0.266 e. The zero-order chi connectivity index (χ0) is 9.30. The van der Waals surface area contributed by atoms with Crippen LogP contribution >= 0.6 is 38.5 Å². The van der Waals surface area contributed by atoms with Gasteiger partial charge in [-0.25, -0.2) is 13.8 Å². The van der Waals surface area contributed by atoms with Gasteiger partial charge in [0.2, 0.25) is 0 Å². The van der Waals surface area contributed by atoms with Crippen LogP contribution in [0.15, 0.2) is 10.7 Å². The zero-order valence-electron chi connectivity index (χ0n) is 5.56. The van der Waals surface area contributed by atoms with E-state index < -0.39 is 6.43 Å². The van der Waals surface area contributed by atoms with Crippen LogP contribution in [0.5, 0.6) is 5.75 Å². The lowest BCUT2D eigenvalue weighted by Crippen LogP contribution is -1.93. The third-order valence-electron chi connectivity index (χ3n) is 1.17. The van der Waals surface area contributed by atoms with Gasteiger partial charge in [0.05, 0.1) is 5.56 Å². The Bertz CT molecular complexity index is 308. The first-order valence-corrected chi connectivity index (χ1v) is 4.72. The second-order valence-corrected chi connectivity index (χ2v) is 3.75. The van der Waals surface area contributed by atoms with E-state index in [0.717, 1.165) is 6.07 Å². The molecule has 1 aromatic rings. The van der Waals surface area contributed by atoms with E-state index in [-0.39, 0.29) is 19.6 Å². The van der Waals surface area contributed by atoms with Crippen molar-refractivity contribution < 1.29 is 13.9 Å². The molecule has 0 aliphatic carbocycles. The van der Waals surface area contributed by atoms with E-state index in [0.29, 0.717) is 0 Å². The number of aromatic hydroxyl groups is 1. The van der Waals surface area contributed by atoms with Crippen LogP contribution in [0.4, 0.5) is 8.78 Å². The molecule has 2 nitrogen and oxygen atoms in total. The first-order chi connectivity index (χ1) is 5.52. The van der Waals surface area contributed by atoms with Gasteiger partial charge >= 0.3 is 0 Å². The zero-order valence-corrected chi connectivity index (χ0v) is 9.30. The summed E-state index contributed by atoms with van der Waals surface area (Å²) in [6.07, 6.45) is -2.61. The summed E-state index contributed by atoms with van der Waals surface area (Å²) in [5.41, 5.74) is -0.253. The molecule has 0 fully saturated rings. The molecule has 1 aromatic heterocycles. The minimum Gasteiger partial charge on any atom is -0.505 e. The molecule has 6 heteroatoms. The Morgan fingerprint density at radius 3 is 2.67 bits per heavy atom. The molecule has 1 heterocycles. The highest BCUT2D eigenvalue weighted by molar-refractivity contribution is 14.1. The van der Waals surface area contributed by atoms with Crippen LogP contribution in [-0.2, 0) is 0 Å². The summed E-state index contributed by atoms with van der Waals surface area (Å²) in [4.78, 5) is 3.67. The smallest absolute Gasteiger partial charge is 0.266 e. The molecule has 0 aliphatic rings. The quantitative estimate of drug-likeness (QED) is 0.624. The van der Waals surface area contributed by atoms with Gasteiger partial charge in [0.25, 0.3) is 6.43 Å². The van der Waals surface area contributed by atoms with Crippen LogP contribution in [0.1, 0.15) is 12.0 Å². The molecule has 0 unspecified atom stereocenters. The number of rotatable bonds is 1. The van der Waals surface area contributed by atoms with Gasteiger partial charge in [-0.2, -0.15) is 0 Å². The van der Waals surface area contributed by atoms with Gasteiger partial charge in [0, 0.05) is 0 Å². The summed E-state index contributed by atoms with van der Waals surface area (Å²) in [5, 5.41) is 9.03. The second-order valence-electron chi connectivity index (χ2n) is 1.98. The van der Waals surface area contributed by atoms with Crippen molar-refractivity contribution in [2.45, 2.75) is 6.43 Å². The van der Waals surface area contributed by atoms with Gasteiger partial charge in [-0.05, 0) is 44.6 Å². The van der Waals surface area contributed by atoms with E-state index in [1.54, 1.807) is 22.6 Å². The fraction of sp³-hybridized carbons (Fsp3) is 0.167. The summed E-state index contributed by atoms with van der Waals surface area (Å²) < 4.78 is 24.7. The molecule has 12 heavy (non-hydrogen) atoms. The average molecular weight is 350 g/mol. The van der Waals surface area contributed by atoms with Crippen LogP contribution in [0, 0.1) is 3.70 Å². The monoisotopic (exact) mass is 349 g/mol. The summed E-state index contributed by atoms with van der Waals surface area (Å²) in [6, 6.07) is 1.00. The lowest BCUT2D eigenvalue weighted by Gasteiger charge is -2.03. The third kappa shape index (κ3) is 2.03. The normalized spacial score (nSPS) is 10.8. The van der Waals surface area contributed by atoms with Crippen LogP contribution in [0.2, 0.25) is 0 Å². The standard InChI is InChI=1S/C6H3BrF2INO/c7-4-3(12)1-2(5(8)9)6(10)11-4/h1,5,12H. The largest absolute Gasteiger partial charge is 0.505 e. The summed E-state index contributed by atoms with van der Waals surface area (Å²) >= 11 is 4.60. The van der Waals surface area contributed by atoms with Gasteiger partial charge in [-0.15, -0.1) is 0 Å². The summed E-state index contributed by atoms with van der Waals surface area (Å²) in [7, 11) is 0. The topological polar surface area (TPSA) is 33.1 Å². The predicted octanol–water partition coefficient (Wildman–Crippen LogP) is 3.09. The highest BCUT2D eigenvalue weighted by atomic mass is 127. The lowest BCUT2D eigenvalue weighted by molar-refractivity contribution is 0.149. The molecule has 0 radical (unpaired) electrons. The number of hydrogen-bond acceptors (Lipinski definition) is 2. The fourth-order valence-electron chi connectivity index (χ4n) is 0.627. The van der Waals surface area contributed by atoms with E-state index >= 15 is 0 Å². The molecule has 0 saturated heterocycles. The molecular weight excluding hydrogens is 347 g/mol. The molecule has 0 saturated carbocycles. The van der Waals surface area contributed by atoms with E-state index in [9.17, 15) is 8.78 Å². The van der Waals surface area contributed by atoms with Gasteiger partial charge in [0.1, 0.15) is 14.1 Å². The number of pyridine rings is 1. The summed E-state index contributed by atoms with van der Waals surface area (Å²) in [6.45, 7) is 0. The molecule has 1 rings (SSSR count). The van der Waals surface area contributed by atoms with Crippen molar-refractivity contribution in [2.24, 2.45) is 0 Å². The molecule has 0 amide bonds. The third-order valence-corrected chi connectivity index (χ3v) is 2.62. The highest BCUT2D eigenvalue weighted by Crippen LogP contribution is 2.30. The second kappa shape index (κ2) is 3.82. The SMILES string of the molecule is Oc1cc(C(F)F)c(I)nc1Br. The Kier molecular flexibility index (Phi) is 3.22. The van der Waals surface area contributed by atoms with Crippen molar-refractivity contribution in [2.75, 3.05) is 0 Å². The van der Waals surface area contributed by atoms with E-state index in [1.165, 1.54) is 0 Å². The maximum absolute atomic E-state index is 12.2. The Labute approximate surface area is 89.3 Å². The van der Waals surface area contributed by atoms with Gasteiger partial charge in [-0.3, -0.25) is 0 Å². The van der Waals surface area contributed by atoms with E-state index in [1.807, 2.05) is 0 Å². The molecule has 0 aliphatic heterocycles. The Morgan fingerprint density at radius 1 is 1.58 bits per heavy atom. The molecule has 0 spiro atoms. The number of alkyl halides is 2. The molecular formula is C6H3BrF2INO. The maximum atomic E-state index is 12.2. The van der Waals surface area contributed by atoms with E-state index in [2.05, 4.69) is 20.9 Å². The van der Waals surface area contributed by atoms with Crippen LogP contribution < -0.4 is 0 Å². The highest BCUT2D eigenvalue weighted by Gasteiger charge is 2.15. The van der Waals surface area contributed by atoms with Crippen LogP contribution in [0.3, 0.4) is 0 Å². The minimum atomic E-state index is -2.61. The van der Waals surface area contributed by atoms with Crippen molar-refractivity contribution in [3.63, 3.8) is 0 Å². The van der Waals surface area contributed by atoms with E-state index in [4.69, 9.17) is 5.11 Å². The fourth-order valence-corrected chi connectivity index (χ4v) is 1.88. The number of halogens is 4. The van der Waals surface area contributed by atoms with Gasteiger partial charge in [-0.1, -0.05) is 0 Å². The predicted molar refractivity (Wildman–Crippen MR) is 51.3 cm³/mol. The summed E-state index contributed by atoms with van der Waals surface area (Å²) in [5.74, 6) is -0.272. The average Bonchev–Trinajstić information content (AvgIpc) is 1.96.